The van der Waals surface area contributed by atoms with Crippen molar-refractivity contribution >= 4 is 0 Å². The maximum Gasteiger partial charge on any atom is 0.123 e. The van der Waals surface area contributed by atoms with E-state index in [1.54, 1.807) is 12.1 Å². The summed E-state index contributed by atoms with van der Waals surface area (Å²) in [4.78, 5) is 0. The lowest BCUT2D eigenvalue weighted by molar-refractivity contribution is 0.0407. The van der Waals surface area contributed by atoms with Gasteiger partial charge in [-0.2, -0.15) is 0 Å². The van der Waals surface area contributed by atoms with Crippen molar-refractivity contribution in [1.29, 1.82) is 0 Å². The van der Waals surface area contributed by atoms with Gasteiger partial charge in [-0.1, -0.05) is 19.1 Å². The number of halogens is 1. The van der Waals surface area contributed by atoms with Gasteiger partial charge in [0.2, 0.25) is 0 Å². The first-order valence-electron chi connectivity index (χ1n) is 5.08. The van der Waals surface area contributed by atoms with Gasteiger partial charge in [0, 0.05) is 0 Å². The quantitative estimate of drug-likeness (QED) is 0.728. The van der Waals surface area contributed by atoms with Gasteiger partial charge in [0.25, 0.3) is 0 Å². The van der Waals surface area contributed by atoms with Gasteiger partial charge in [-0.05, 0) is 42.9 Å². The van der Waals surface area contributed by atoms with Crippen molar-refractivity contribution in [3.63, 3.8) is 0 Å². The monoisotopic (exact) mass is 194 g/mol. The highest BCUT2D eigenvalue weighted by molar-refractivity contribution is 5.24. The Labute approximate surface area is 83.6 Å². The number of aliphatic hydroxyl groups is 1. The Morgan fingerprint density at radius 3 is 2.50 bits per heavy atom. The van der Waals surface area contributed by atoms with Crippen molar-refractivity contribution in [1.82, 2.24) is 0 Å². The van der Waals surface area contributed by atoms with Crippen LogP contribution in [0.1, 0.15) is 31.7 Å². The number of hydrogen-bond acceptors (Lipinski definition) is 1. The zero-order chi connectivity index (χ0) is 10.2. The molecule has 1 saturated carbocycles. The van der Waals surface area contributed by atoms with Crippen LogP contribution < -0.4 is 0 Å². The van der Waals surface area contributed by atoms with Gasteiger partial charge in [-0.3, -0.25) is 0 Å². The number of hydrogen-bond donors (Lipinski definition) is 1. The van der Waals surface area contributed by atoms with E-state index in [1.807, 2.05) is 0 Å². The molecule has 0 radical (unpaired) electrons. The van der Waals surface area contributed by atoms with Gasteiger partial charge in [0.15, 0.2) is 0 Å². The molecule has 1 N–H and O–H groups in total. The minimum atomic E-state index is -0.715. The van der Waals surface area contributed by atoms with Crippen molar-refractivity contribution < 1.29 is 9.50 Å². The smallest absolute Gasteiger partial charge is 0.123 e. The topological polar surface area (TPSA) is 20.2 Å². The average molecular weight is 194 g/mol. The van der Waals surface area contributed by atoms with E-state index in [0.717, 1.165) is 24.8 Å². The first-order valence-corrected chi connectivity index (χ1v) is 5.08. The molecule has 1 aliphatic carbocycles. The minimum absolute atomic E-state index is 0.247. The lowest BCUT2D eigenvalue weighted by Gasteiger charge is -2.23. The molecule has 1 fully saturated rings. The van der Waals surface area contributed by atoms with Crippen molar-refractivity contribution in [2.45, 2.75) is 31.8 Å². The van der Waals surface area contributed by atoms with Crippen LogP contribution in [0.4, 0.5) is 4.39 Å². The molecule has 1 nitrogen and oxygen atoms in total. The van der Waals surface area contributed by atoms with E-state index < -0.39 is 5.60 Å². The second-order valence-electron chi connectivity index (χ2n) is 4.39. The Balaban J connectivity index is 2.26. The summed E-state index contributed by atoms with van der Waals surface area (Å²) in [6, 6.07) is 6.20. The van der Waals surface area contributed by atoms with Gasteiger partial charge in [0.1, 0.15) is 5.82 Å². The second kappa shape index (κ2) is 3.35. The molecule has 1 aliphatic rings. The van der Waals surface area contributed by atoms with E-state index >= 15 is 0 Å². The van der Waals surface area contributed by atoms with Crippen LogP contribution in [-0.2, 0) is 5.60 Å². The van der Waals surface area contributed by atoms with Gasteiger partial charge in [0.05, 0.1) is 5.60 Å². The highest BCUT2D eigenvalue weighted by Crippen LogP contribution is 2.41. The molecule has 0 spiro atoms. The molecule has 1 aromatic rings. The molecular formula is C12H15FO. The fourth-order valence-electron chi connectivity index (χ4n) is 2.29. The Hall–Kier alpha value is -0.890. The third-order valence-corrected chi connectivity index (χ3v) is 3.12. The van der Waals surface area contributed by atoms with Crippen LogP contribution >= 0.6 is 0 Å². The molecule has 0 aromatic heterocycles. The molecule has 0 heterocycles. The van der Waals surface area contributed by atoms with Gasteiger partial charge in [-0.15, -0.1) is 0 Å². The van der Waals surface area contributed by atoms with Crippen molar-refractivity contribution in [3.05, 3.63) is 35.6 Å². The molecule has 0 amide bonds. The second-order valence-corrected chi connectivity index (χ2v) is 4.39. The third-order valence-electron chi connectivity index (χ3n) is 3.12. The fourth-order valence-corrected chi connectivity index (χ4v) is 2.29. The summed E-state index contributed by atoms with van der Waals surface area (Å²) >= 11 is 0. The third kappa shape index (κ3) is 1.67. The number of rotatable bonds is 1. The Kier molecular flexibility index (Phi) is 2.31. The Morgan fingerprint density at radius 1 is 1.36 bits per heavy atom. The van der Waals surface area contributed by atoms with Crippen LogP contribution in [0.2, 0.25) is 0 Å². The zero-order valence-electron chi connectivity index (χ0n) is 8.33. The molecule has 2 heteroatoms. The van der Waals surface area contributed by atoms with Crippen LogP contribution in [-0.4, -0.2) is 5.11 Å². The van der Waals surface area contributed by atoms with Crippen LogP contribution in [0.25, 0.3) is 0 Å². The standard InChI is InChI=1S/C12H15FO/c1-9-6-7-12(14,8-9)10-2-4-11(13)5-3-10/h2-5,9,14H,6-8H2,1H3/t9-,12-/m1/s1. The molecule has 0 bridgehead atoms. The molecule has 2 rings (SSSR count). The predicted octanol–water partition coefficient (Wildman–Crippen LogP) is 2.83. The van der Waals surface area contributed by atoms with Gasteiger partial charge < -0.3 is 5.11 Å². The molecule has 14 heavy (non-hydrogen) atoms. The summed E-state index contributed by atoms with van der Waals surface area (Å²) in [5.41, 5.74) is 0.135. The SMILES string of the molecule is C[C@@H]1CC[C@](O)(c2ccc(F)cc2)C1. The fraction of sp³-hybridized carbons (Fsp3) is 0.500. The van der Waals surface area contributed by atoms with Crippen LogP contribution in [0.15, 0.2) is 24.3 Å². The van der Waals surface area contributed by atoms with E-state index in [4.69, 9.17) is 0 Å². The molecule has 0 aliphatic heterocycles. The highest BCUT2D eigenvalue weighted by Gasteiger charge is 2.36. The van der Waals surface area contributed by atoms with E-state index in [2.05, 4.69) is 6.92 Å². The summed E-state index contributed by atoms with van der Waals surface area (Å²) < 4.78 is 12.7. The summed E-state index contributed by atoms with van der Waals surface area (Å²) in [7, 11) is 0. The summed E-state index contributed by atoms with van der Waals surface area (Å²) in [6.45, 7) is 2.14. The largest absolute Gasteiger partial charge is 0.385 e. The summed E-state index contributed by atoms with van der Waals surface area (Å²) in [6.07, 6.45) is 2.63. The maximum atomic E-state index is 12.7. The predicted molar refractivity (Wildman–Crippen MR) is 53.3 cm³/mol. The van der Waals surface area contributed by atoms with Crippen molar-refractivity contribution in [3.8, 4) is 0 Å². The molecule has 0 saturated heterocycles. The molecule has 76 valence electrons. The Morgan fingerprint density at radius 2 is 2.00 bits per heavy atom. The normalized spacial score (nSPS) is 32.1. The highest BCUT2D eigenvalue weighted by atomic mass is 19.1. The molecule has 2 atom stereocenters. The lowest BCUT2D eigenvalue weighted by atomic mass is 9.91. The van der Waals surface area contributed by atoms with E-state index in [9.17, 15) is 9.50 Å². The summed E-state index contributed by atoms with van der Waals surface area (Å²) in [5, 5.41) is 10.3. The van der Waals surface area contributed by atoms with Gasteiger partial charge >= 0.3 is 0 Å². The van der Waals surface area contributed by atoms with E-state index in [-0.39, 0.29) is 5.82 Å². The molecule has 1 aromatic carbocycles. The average Bonchev–Trinajstić information content (AvgIpc) is 2.48. The van der Waals surface area contributed by atoms with Crippen molar-refractivity contribution in [2.75, 3.05) is 0 Å². The lowest BCUT2D eigenvalue weighted by Crippen LogP contribution is -2.21. The van der Waals surface area contributed by atoms with Gasteiger partial charge in [-0.25, -0.2) is 4.39 Å². The summed E-state index contributed by atoms with van der Waals surface area (Å²) in [5.74, 6) is 0.313. The maximum absolute atomic E-state index is 12.7. The zero-order valence-corrected chi connectivity index (χ0v) is 8.33. The van der Waals surface area contributed by atoms with Crippen LogP contribution in [0.3, 0.4) is 0 Å². The Bertz CT molecular complexity index is 320. The molecular weight excluding hydrogens is 179 g/mol. The van der Waals surface area contributed by atoms with E-state index in [1.165, 1.54) is 12.1 Å². The number of benzene rings is 1. The minimum Gasteiger partial charge on any atom is -0.385 e. The first-order chi connectivity index (χ1) is 6.60. The van der Waals surface area contributed by atoms with E-state index in [0.29, 0.717) is 5.92 Å². The van der Waals surface area contributed by atoms with Crippen LogP contribution in [0.5, 0.6) is 0 Å². The van der Waals surface area contributed by atoms with Crippen molar-refractivity contribution in [2.24, 2.45) is 5.92 Å². The van der Waals surface area contributed by atoms with Crippen LogP contribution in [0, 0.1) is 11.7 Å². The first kappa shape index (κ1) is 9.66. The molecule has 0 unspecified atom stereocenters.